The Morgan fingerprint density at radius 2 is 0.483 bits per heavy atom. The summed E-state index contributed by atoms with van der Waals surface area (Å²) in [4.78, 5) is 0. The molecule has 172 valence electrons. The molecule has 2 radical (unpaired) electrons. The molecule has 0 aliphatic rings. The standard InChI is InChI=1S/C29H56/c1-3-5-7-9-11-13-15-17-19-21-23-25-27-29-28-26-24-22-20-18-16-14-12-10-8-6-4-2/h17,19H,1-16,18,20-29H2. The molecule has 0 atom stereocenters. The Hall–Kier alpha value is -0.260. The third-order valence-electron chi connectivity index (χ3n) is 6.16. The summed E-state index contributed by atoms with van der Waals surface area (Å²) in [6.07, 6.45) is 39.7. The molecule has 0 bridgehead atoms. The van der Waals surface area contributed by atoms with Crippen LogP contribution in [0.2, 0.25) is 0 Å². The molecule has 0 heteroatoms. The van der Waals surface area contributed by atoms with Gasteiger partial charge in [-0.05, 0) is 25.7 Å². The molecule has 0 N–H and O–H groups in total. The van der Waals surface area contributed by atoms with Crippen molar-refractivity contribution < 1.29 is 0 Å². The van der Waals surface area contributed by atoms with E-state index in [2.05, 4.69) is 26.0 Å². The maximum absolute atomic E-state index is 3.91. The summed E-state index contributed by atoms with van der Waals surface area (Å²) in [5.74, 6) is 0. The molecule has 0 amide bonds. The Morgan fingerprint density at radius 1 is 0.276 bits per heavy atom. The Kier molecular flexibility index (Phi) is 27.5. The number of unbranched alkanes of at least 4 members (excludes halogenated alkanes) is 23. The molecule has 0 saturated carbocycles. The van der Waals surface area contributed by atoms with E-state index in [0.29, 0.717) is 0 Å². The highest BCUT2D eigenvalue weighted by Crippen LogP contribution is 2.14. The van der Waals surface area contributed by atoms with Crippen molar-refractivity contribution in [2.24, 2.45) is 0 Å². The van der Waals surface area contributed by atoms with Crippen LogP contribution in [0.25, 0.3) is 0 Å². The fourth-order valence-corrected chi connectivity index (χ4v) is 4.12. The predicted molar refractivity (Wildman–Crippen MR) is 135 cm³/mol. The van der Waals surface area contributed by atoms with Crippen LogP contribution in [0.15, 0.2) is 12.2 Å². The van der Waals surface area contributed by atoms with Crippen molar-refractivity contribution in [3.05, 3.63) is 26.0 Å². The molecule has 0 heterocycles. The van der Waals surface area contributed by atoms with Crippen molar-refractivity contribution in [1.29, 1.82) is 0 Å². The summed E-state index contributed by atoms with van der Waals surface area (Å²) in [5, 5.41) is 0. The fraction of sp³-hybridized carbons (Fsp3) is 0.862. The van der Waals surface area contributed by atoms with E-state index in [1.54, 1.807) is 0 Å². The summed E-state index contributed by atoms with van der Waals surface area (Å²) >= 11 is 0. The van der Waals surface area contributed by atoms with Crippen LogP contribution in [-0.2, 0) is 0 Å². The van der Waals surface area contributed by atoms with Crippen LogP contribution in [0.3, 0.4) is 0 Å². The first-order valence-corrected chi connectivity index (χ1v) is 13.6. The first kappa shape index (κ1) is 28.7. The zero-order valence-corrected chi connectivity index (χ0v) is 20.2. The largest absolute Gasteiger partial charge is 0.0885 e. The lowest BCUT2D eigenvalue weighted by Gasteiger charge is -2.03. The lowest BCUT2D eigenvalue weighted by molar-refractivity contribution is 0.528. The van der Waals surface area contributed by atoms with Gasteiger partial charge in [0.2, 0.25) is 0 Å². The van der Waals surface area contributed by atoms with Gasteiger partial charge in [-0.25, -0.2) is 0 Å². The number of rotatable bonds is 25. The van der Waals surface area contributed by atoms with Gasteiger partial charge >= 0.3 is 0 Å². The highest BCUT2D eigenvalue weighted by Gasteiger charge is 1.95. The first-order valence-electron chi connectivity index (χ1n) is 13.6. The highest BCUT2D eigenvalue weighted by molar-refractivity contribution is 4.81. The second-order valence-electron chi connectivity index (χ2n) is 9.18. The van der Waals surface area contributed by atoms with Gasteiger partial charge in [0, 0.05) is 0 Å². The smallest absolute Gasteiger partial charge is 0.0351 e. The molecule has 0 saturated heterocycles. The summed E-state index contributed by atoms with van der Waals surface area (Å²) in [5.41, 5.74) is 0. The highest BCUT2D eigenvalue weighted by atomic mass is 14.0. The molecular formula is C29H56. The Morgan fingerprint density at radius 3 is 0.724 bits per heavy atom. The van der Waals surface area contributed by atoms with E-state index in [4.69, 9.17) is 0 Å². The molecule has 29 heavy (non-hydrogen) atoms. The van der Waals surface area contributed by atoms with Gasteiger partial charge in [-0.3, -0.25) is 0 Å². The van der Waals surface area contributed by atoms with Crippen molar-refractivity contribution in [3.8, 4) is 0 Å². The summed E-state index contributed by atoms with van der Waals surface area (Å²) in [6, 6.07) is 0. The van der Waals surface area contributed by atoms with Crippen LogP contribution in [-0.4, -0.2) is 0 Å². The SMILES string of the molecule is [CH2]CCCCCCCC=CCCCCCCCCCCCCCCCCCC[CH2]. The second kappa shape index (κ2) is 27.7. The van der Waals surface area contributed by atoms with E-state index in [-0.39, 0.29) is 0 Å². The maximum atomic E-state index is 3.91. The first-order chi connectivity index (χ1) is 14.4. The molecule has 0 aromatic carbocycles. The van der Waals surface area contributed by atoms with Crippen molar-refractivity contribution in [2.45, 2.75) is 161 Å². The molecule has 0 aliphatic carbocycles. The van der Waals surface area contributed by atoms with Gasteiger partial charge in [-0.2, -0.15) is 0 Å². The minimum absolute atomic E-state index is 1.11. The Labute approximate surface area is 186 Å². The van der Waals surface area contributed by atoms with E-state index in [0.717, 1.165) is 12.8 Å². The minimum atomic E-state index is 1.11. The Balaban J connectivity index is 3.04. The minimum Gasteiger partial charge on any atom is -0.0885 e. The van der Waals surface area contributed by atoms with Gasteiger partial charge in [0.25, 0.3) is 0 Å². The summed E-state index contributed by atoms with van der Waals surface area (Å²) in [6.45, 7) is 7.82. The van der Waals surface area contributed by atoms with Crippen molar-refractivity contribution >= 4 is 0 Å². The number of hydrogen-bond donors (Lipinski definition) is 0. The van der Waals surface area contributed by atoms with Crippen LogP contribution in [0.5, 0.6) is 0 Å². The molecule has 0 rings (SSSR count). The third kappa shape index (κ3) is 27.7. The topological polar surface area (TPSA) is 0 Å². The number of hydrogen-bond acceptors (Lipinski definition) is 0. The lowest BCUT2D eigenvalue weighted by atomic mass is 10.0. The summed E-state index contributed by atoms with van der Waals surface area (Å²) < 4.78 is 0. The van der Waals surface area contributed by atoms with Gasteiger partial charge in [-0.15, -0.1) is 0 Å². The third-order valence-corrected chi connectivity index (χ3v) is 6.16. The van der Waals surface area contributed by atoms with E-state index in [1.165, 1.54) is 148 Å². The molecule has 0 nitrogen and oxygen atoms in total. The van der Waals surface area contributed by atoms with E-state index in [9.17, 15) is 0 Å². The van der Waals surface area contributed by atoms with E-state index in [1.807, 2.05) is 0 Å². The van der Waals surface area contributed by atoms with Crippen LogP contribution >= 0.6 is 0 Å². The van der Waals surface area contributed by atoms with Crippen molar-refractivity contribution in [2.75, 3.05) is 0 Å². The molecule has 0 aliphatic heterocycles. The normalized spacial score (nSPS) is 11.7. The fourth-order valence-electron chi connectivity index (χ4n) is 4.12. The van der Waals surface area contributed by atoms with Crippen molar-refractivity contribution in [1.82, 2.24) is 0 Å². The molecule has 0 aromatic heterocycles. The quantitative estimate of drug-likeness (QED) is 0.105. The van der Waals surface area contributed by atoms with Gasteiger partial charge in [0.05, 0.1) is 0 Å². The van der Waals surface area contributed by atoms with Gasteiger partial charge in [-0.1, -0.05) is 161 Å². The average molecular weight is 405 g/mol. The molecular weight excluding hydrogens is 348 g/mol. The van der Waals surface area contributed by atoms with Crippen LogP contribution < -0.4 is 0 Å². The van der Waals surface area contributed by atoms with Gasteiger partial charge in [0.15, 0.2) is 0 Å². The Bertz CT molecular complexity index is 290. The lowest BCUT2D eigenvalue weighted by Crippen LogP contribution is -1.83. The molecule has 0 aromatic rings. The second-order valence-corrected chi connectivity index (χ2v) is 9.18. The molecule has 0 unspecified atom stereocenters. The average Bonchev–Trinajstić information content (AvgIpc) is 2.74. The monoisotopic (exact) mass is 404 g/mol. The van der Waals surface area contributed by atoms with Crippen LogP contribution in [0.1, 0.15) is 161 Å². The van der Waals surface area contributed by atoms with E-state index < -0.39 is 0 Å². The molecule has 0 spiro atoms. The molecule has 0 fully saturated rings. The van der Waals surface area contributed by atoms with Gasteiger partial charge < -0.3 is 0 Å². The summed E-state index contributed by atoms with van der Waals surface area (Å²) in [7, 11) is 0. The van der Waals surface area contributed by atoms with Crippen molar-refractivity contribution in [3.63, 3.8) is 0 Å². The van der Waals surface area contributed by atoms with Gasteiger partial charge in [0.1, 0.15) is 0 Å². The van der Waals surface area contributed by atoms with Crippen LogP contribution in [0.4, 0.5) is 0 Å². The van der Waals surface area contributed by atoms with Crippen LogP contribution in [0, 0.1) is 13.8 Å². The zero-order valence-electron chi connectivity index (χ0n) is 20.2. The number of allylic oxidation sites excluding steroid dienone is 2. The zero-order chi connectivity index (χ0) is 21.1. The maximum Gasteiger partial charge on any atom is -0.0351 e. The van der Waals surface area contributed by atoms with E-state index >= 15 is 0 Å². The predicted octanol–water partition coefficient (Wildman–Crippen LogP) is 11.0.